The number of rotatable bonds is 5. The molecule has 1 aromatic rings. The lowest BCUT2D eigenvalue weighted by Gasteiger charge is -2.34. The van der Waals surface area contributed by atoms with Crippen LogP contribution in [0.25, 0.3) is 0 Å². The number of hydrogen-bond donors (Lipinski definition) is 2. The number of nitrogens with two attached hydrogens (primary N) is 1. The second kappa shape index (κ2) is 5.39. The van der Waals surface area contributed by atoms with Crippen LogP contribution in [0.2, 0.25) is 0 Å². The van der Waals surface area contributed by atoms with Crippen molar-refractivity contribution >= 4 is 0 Å². The van der Waals surface area contributed by atoms with Crippen LogP contribution in [0.1, 0.15) is 32.4 Å². The van der Waals surface area contributed by atoms with Crippen molar-refractivity contribution in [3.05, 3.63) is 23.8 Å². The number of fused-ring (bicyclic) bond motifs is 1. The van der Waals surface area contributed by atoms with E-state index in [1.807, 2.05) is 6.07 Å². The molecule has 0 saturated carbocycles. The first kappa shape index (κ1) is 14.2. The van der Waals surface area contributed by atoms with Gasteiger partial charge in [-0.2, -0.15) is 0 Å². The number of aromatic hydroxyl groups is 1. The highest BCUT2D eigenvalue weighted by atomic mass is 16.5. The van der Waals surface area contributed by atoms with Crippen LogP contribution >= 0.6 is 0 Å². The summed E-state index contributed by atoms with van der Waals surface area (Å²) < 4.78 is 5.69. The fourth-order valence-electron chi connectivity index (χ4n) is 2.54. The van der Waals surface area contributed by atoms with E-state index in [0.717, 1.165) is 24.4 Å². The summed E-state index contributed by atoms with van der Waals surface area (Å²) in [6, 6.07) is 5.63. The number of likely N-dealkylation sites (N-methyl/N-ethyl adjacent to an activating group) is 1. The molecule has 0 amide bonds. The van der Waals surface area contributed by atoms with Gasteiger partial charge in [0.25, 0.3) is 0 Å². The maximum absolute atomic E-state index is 9.49. The molecule has 2 rings (SSSR count). The molecule has 106 valence electrons. The van der Waals surface area contributed by atoms with Crippen molar-refractivity contribution in [1.82, 2.24) is 4.90 Å². The lowest BCUT2D eigenvalue weighted by molar-refractivity contribution is 0.120. The average molecular weight is 264 g/mol. The second-order valence-electron chi connectivity index (χ2n) is 5.98. The zero-order valence-corrected chi connectivity index (χ0v) is 12.0. The third-order valence-corrected chi connectivity index (χ3v) is 3.78. The van der Waals surface area contributed by atoms with Gasteiger partial charge in [-0.3, -0.25) is 4.90 Å². The van der Waals surface area contributed by atoms with Gasteiger partial charge in [-0.1, -0.05) is 20.8 Å². The summed E-state index contributed by atoms with van der Waals surface area (Å²) in [7, 11) is 0. The Labute approximate surface area is 115 Å². The third-order valence-electron chi connectivity index (χ3n) is 3.78. The van der Waals surface area contributed by atoms with Crippen LogP contribution in [0.5, 0.6) is 11.5 Å². The quantitative estimate of drug-likeness (QED) is 0.855. The van der Waals surface area contributed by atoms with Crippen molar-refractivity contribution in [2.75, 3.05) is 26.2 Å². The van der Waals surface area contributed by atoms with E-state index in [0.29, 0.717) is 13.2 Å². The van der Waals surface area contributed by atoms with E-state index in [9.17, 15) is 5.11 Å². The highest BCUT2D eigenvalue weighted by molar-refractivity contribution is 5.44. The van der Waals surface area contributed by atoms with Crippen LogP contribution in [0.15, 0.2) is 18.2 Å². The lowest BCUT2D eigenvalue weighted by atomic mass is 9.92. The zero-order chi connectivity index (χ0) is 14.0. The Kier molecular flexibility index (Phi) is 4.02. The highest BCUT2D eigenvalue weighted by Crippen LogP contribution is 2.38. The Morgan fingerprint density at radius 3 is 2.84 bits per heavy atom. The molecule has 1 heterocycles. The van der Waals surface area contributed by atoms with Gasteiger partial charge in [0.15, 0.2) is 0 Å². The molecule has 3 N–H and O–H groups in total. The molecule has 1 aliphatic rings. The van der Waals surface area contributed by atoms with Crippen molar-refractivity contribution < 1.29 is 9.84 Å². The predicted molar refractivity (Wildman–Crippen MR) is 76.4 cm³/mol. The molecule has 1 atom stereocenters. The van der Waals surface area contributed by atoms with E-state index in [2.05, 4.69) is 25.7 Å². The standard InChI is InChI=1S/C15H24N2O2/c1-4-17(10-15(2,3)9-16)13-8-19-14-7-11(18)5-6-12(13)14/h5-7,13,18H,4,8-10,16H2,1-3H3. The normalized spacial score (nSPS) is 18.5. The Balaban J connectivity index is 2.19. The van der Waals surface area contributed by atoms with Gasteiger partial charge in [-0.25, -0.2) is 0 Å². The molecule has 0 bridgehead atoms. The molecule has 0 aromatic heterocycles. The third kappa shape index (κ3) is 3.01. The first-order chi connectivity index (χ1) is 8.96. The van der Waals surface area contributed by atoms with Gasteiger partial charge < -0.3 is 15.6 Å². The molecule has 4 nitrogen and oxygen atoms in total. The van der Waals surface area contributed by atoms with Crippen molar-refractivity contribution in [3.63, 3.8) is 0 Å². The first-order valence-electron chi connectivity index (χ1n) is 6.86. The van der Waals surface area contributed by atoms with E-state index in [1.54, 1.807) is 12.1 Å². The fraction of sp³-hybridized carbons (Fsp3) is 0.600. The van der Waals surface area contributed by atoms with E-state index in [-0.39, 0.29) is 17.2 Å². The molecule has 0 radical (unpaired) electrons. The van der Waals surface area contributed by atoms with Gasteiger partial charge in [0.1, 0.15) is 18.1 Å². The molecule has 1 aromatic carbocycles. The molecular formula is C15H24N2O2. The first-order valence-corrected chi connectivity index (χ1v) is 6.86. The summed E-state index contributed by atoms with van der Waals surface area (Å²) in [6.45, 7) is 9.73. The average Bonchev–Trinajstić information content (AvgIpc) is 2.79. The summed E-state index contributed by atoms with van der Waals surface area (Å²) in [5, 5.41) is 9.49. The van der Waals surface area contributed by atoms with Gasteiger partial charge in [0.2, 0.25) is 0 Å². The van der Waals surface area contributed by atoms with Crippen molar-refractivity contribution in [1.29, 1.82) is 0 Å². The number of benzene rings is 1. The number of phenolic OH excluding ortho intramolecular Hbond substituents is 1. The second-order valence-corrected chi connectivity index (χ2v) is 5.98. The largest absolute Gasteiger partial charge is 0.508 e. The number of hydrogen-bond acceptors (Lipinski definition) is 4. The van der Waals surface area contributed by atoms with Gasteiger partial charge in [-0.15, -0.1) is 0 Å². The Morgan fingerprint density at radius 1 is 1.47 bits per heavy atom. The summed E-state index contributed by atoms with van der Waals surface area (Å²) in [5.74, 6) is 1.05. The number of phenols is 1. The minimum atomic E-state index is 0.0929. The number of ether oxygens (including phenoxy) is 1. The molecule has 1 aliphatic heterocycles. The Bertz CT molecular complexity index is 446. The summed E-state index contributed by atoms with van der Waals surface area (Å²) in [5.41, 5.74) is 7.08. The summed E-state index contributed by atoms with van der Waals surface area (Å²) >= 11 is 0. The predicted octanol–water partition coefficient (Wildman–Crippen LogP) is 2.13. The molecular weight excluding hydrogens is 240 g/mol. The van der Waals surface area contributed by atoms with Gasteiger partial charge in [0, 0.05) is 18.2 Å². The molecule has 0 aliphatic carbocycles. The molecule has 0 spiro atoms. The summed E-state index contributed by atoms with van der Waals surface area (Å²) in [4.78, 5) is 2.40. The SMILES string of the molecule is CCN(CC(C)(C)CN)C1COc2cc(O)ccc21. The smallest absolute Gasteiger partial charge is 0.127 e. The van der Waals surface area contributed by atoms with Crippen molar-refractivity contribution in [2.45, 2.75) is 26.8 Å². The van der Waals surface area contributed by atoms with Crippen LogP contribution < -0.4 is 10.5 Å². The van der Waals surface area contributed by atoms with Crippen molar-refractivity contribution in [3.8, 4) is 11.5 Å². The van der Waals surface area contributed by atoms with Crippen LogP contribution in [-0.2, 0) is 0 Å². The molecule has 0 fully saturated rings. The van der Waals surface area contributed by atoms with Crippen LogP contribution in [0, 0.1) is 5.41 Å². The number of nitrogens with zero attached hydrogens (tertiary/aromatic N) is 1. The van der Waals surface area contributed by atoms with Crippen molar-refractivity contribution in [2.24, 2.45) is 11.1 Å². The fourth-order valence-corrected chi connectivity index (χ4v) is 2.54. The molecule has 4 heteroatoms. The van der Waals surface area contributed by atoms with E-state index in [1.165, 1.54) is 0 Å². The molecule has 19 heavy (non-hydrogen) atoms. The van der Waals surface area contributed by atoms with E-state index >= 15 is 0 Å². The minimum Gasteiger partial charge on any atom is -0.508 e. The molecule has 0 saturated heterocycles. The van der Waals surface area contributed by atoms with Crippen LogP contribution in [-0.4, -0.2) is 36.2 Å². The van der Waals surface area contributed by atoms with Crippen LogP contribution in [0.3, 0.4) is 0 Å². The molecule has 1 unspecified atom stereocenters. The highest BCUT2D eigenvalue weighted by Gasteiger charge is 2.31. The van der Waals surface area contributed by atoms with E-state index < -0.39 is 0 Å². The van der Waals surface area contributed by atoms with Crippen LogP contribution in [0.4, 0.5) is 0 Å². The van der Waals surface area contributed by atoms with Gasteiger partial charge >= 0.3 is 0 Å². The topological polar surface area (TPSA) is 58.7 Å². The van der Waals surface area contributed by atoms with Gasteiger partial charge in [0.05, 0.1) is 6.04 Å². The Morgan fingerprint density at radius 2 is 2.21 bits per heavy atom. The summed E-state index contributed by atoms with van der Waals surface area (Å²) in [6.07, 6.45) is 0. The maximum atomic E-state index is 9.49. The minimum absolute atomic E-state index is 0.0929. The zero-order valence-electron chi connectivity index (χ0n) is 12.0. The van der Waals surface area contributed by atoms with E-state index in [4.69, 9.17) is 10.5 Å². The lowest BCUT2D eigenvalue weighted by Crippen LogP contribution is -2.41. The van der Waals surface area contributed by atoms with Gasteiger partial charge in [-0.05, 0) is 30.6 Å². The Hall–Kier alpha value is -1.26. The monoisotopic (exact) mass is 264 g/mol. The maximum Gasteiger partial charge on any atom is 0.127 e.